The molecular formula is C16H19N3O2S. The second kappa shape index (κ2) is 7.00. The molecule has 1 fully saturated rings. The SMILES string of the molecule is O=C(NC1CCN(Cc2ccsc2)CC1O)c1cccnc1. The Hall–Kier alpha value is -1.76. The van der Waals surface area contributed by atoms with Gasteiger partial charge in [0.2, 0.25) is 0 Å². The fourth-order valence-electron chi connectivity index (χ4n) is 2.70. The van der Waals surface area contributed by atoms with Crippen LogP contribution in [0.4, 0.5) is 0 Å². The highest BCUT2D eigenvalue weighted by Gasteiger charge is 2.29. The highest BCUT2D eigenvalue weighted by molar-refractivity contribution is 7.07. The first kappa shape index (κ1) is 15.1. The van der Waals surface area contributed by atoms with E-state index in [4.69, 9.17) is 0 Å². The van der Waals surface area contributed by atoms with Crippen LogP contribution < -0.4 is 5.32 Å². The van der Waals surface area contributed by atoms with Gasteiger partial charge >= 0.3 is 0 Å². The Bertz CT molecular complexity index is 603. The number of nitrogens with zero attached hydrogens (tertiary/aromatic N) is 2. The third kappa shape index (κ3) is 3.71. The van der Waals surface area contributed by atoms with Gasteiger partial charge in [0.15, 0.2) is 0 Å². The first-order valence-corrected chi connectivity index (χ1v) is 8.29. The fourth-order valence-corrected chi connectivity index (χ4v) is 3.36. The van der Waals surface area contributed by atoms with Gasteiger partial charge in [0.05, 0.1) is 17.7 Å². The van der Waals surface area contributed by atoms with Crippen LogP contribution in [0.25, 0.3) is 0 Å². The molecule has 2 N–H and O–H groups in total. The lowest BCUT2D eigenvalue weighted by atomic mass is 10.0. The van der Waals surface area contributed by atoms with Crippen LogP contribution in [-0.4, -0.2) is 46.1 Å². The van der Waals surface area contributed by atoms with Crippen molar-refractivity contribution in [3.8, 4) is 0 Å². The molecule has 1 amide bonds. The lowest BCUT2D eigenvalue weighted by Crippen LogP contribution is -2.53. The van der Waals surface area contributed by atoms with E-state index in [-0.39, 0.29) is 11.9 Å². The van der Waals surface area contributed by atoms with E-state index >= 15 is 0 Å². The maximum absolute atomic E-state index is 12.1. The summed E-state index contributed by atoms with van der Waals surface area (Å²) >= 11 is 1.68. The van der Waals surface area contributed by atoms with Gasteiger partial charge in [0.1, 0.15) is 0 Å². The third-order valence-corrected chi connectivity index (χ3v) is 4.62. The van der Waals surface area contributed by atoms with E-state index in [1.165, 1.54) is 11.8 Å². The largest absolute Gasteiger partial charge is 0.390 e. The maximum Gasteiger partial charge on any atom is 0.253 e. The zero-order chi connectivity index (χ0) is 15.4. The average molecular weight is 317 g/mol. The normalized spacial score (nSPS) is 22.4. The summed E-state index contributed by atoms with van der Waals surface area (Å²) in [7, 11) is 0. The van der Waals surface area contributed by atoms with Gasteiger partial charge in [-0.3, -0.25) is 14.7 Å². The molecule has 1 aliphatic rings. The van der Waals surface area contributed by atoms with Crippen LogP contribution in [0.1, 0.15) is 22.3 Å². The molecule has 22 heavy (non-hydrogen) atoms. The molecule has 0 radical (unpaired) electrons. The number of carbonyl (C=O) groups is 1. The van der Waals surface area contributed by atoms with E-state index in [1.54, 1.807) is 29.7 Å². The van der Waals surface area contributed by atoms with E-state index in [0.29, 0.717) is 12.1 Å². The highest BCUT2D eigenvalue weighted by atomic mass is 32.1. The summed E-state index contributed by atoms with van der Waals surface area (Å²) in [5.74, 6) is -0.177. The topological polar surface area (TPSA) is 65.5 Å². The Morgan fingerprint density at radius 3 is 3.09 bits per heavy atom. The van der Waals surface area contributed by atoms with Crippen molar-refractivity contribution in [3.63, 3.8) is 0 Å². The molecule has 0 bridgehead atoms. The van der Waals surface area contributed by atoms with Crippen LogP contribution in [0.2, 0.25) is 0 Å². The van der Waals surface area contributed by atoms with Crippen molar-refractivity contribution in [2.24, 2.45) is 0 Å². The number of hydrogen-bond acceptors (Lipinski definition) is 5. The minimum atomic E-state index is -0.548. The Morgan fingerprint density at radius 2 is 2.41 bits per heavy atom. The number of pyridine rings is 1. The van der Waals surface area contributed by atoms with Crippen molar-refractivity contribution in [1.29, 1.82) is 0 Å². The fraction of sp³-hybridized carbons (Fsp3) is 0.375. The summed E-state index contributed by atoms with van der Waals surface area (Å²) < 4.78 is 0. The Labute approximate surface area is 133 Å². The Morgan fingerprint density at radius 1 is 1.50 bits per heavy atom. The van der Waals surface area contributed by atoms with Crippen LogP contribution in [0.3, 0.4) is 0 Å². The summed E-state index contributed by atoms with van der Waals surface area (Å²) in [4.78, 5) is 18.3. The molecule has 2 unspecified atom stereocenters. The van der Waals surface area contributed by atoms with Crippen molar-refractivity contribution < 1.29 is 9.90 Å². The zero-order valence-electron chi connectivity index (χ0n) is 12.2. The minimum absolute atomic E-state index is 0.177. The quantitative estimate of drug-likeness (QED) is 0.897. The smallest absolute Gasteiger partial charge is 0.253 e. The summed E-state index contributed by atoms with van der Waals surface area (Å²) in [5.41, 5.74) is 1.80. The van der Waals surface area contributed by atoms with Gasteiger partial charge in [-0.1, -0.05) is 0 Å². The van der Waals surface area contributed by atoms with Crippen molar-refractivity contribution in [3.05, 3.63) is 52.5 Å². The Balaban J connectivity index is 1.53. The third-order valence-electron chi connectivity index (χ3n) is 3.89. The number of carbonyl (C=O) groups excluding carboxylic acids is 1. The standard InChI is InChI=1S/C16H19N3O2S/c20-15-10-19(9-12-4-7-22-11-12)6-3-14(15)18-16(21)13-2-1-5-17-8-13/h1-2,4-5,7-8,11,14-15,20H,3,6,9-10H2,(H,18,21). The molecule has 1 saturated heterocycles. The van der Waals surface area contributed by atoms with Gasteiger partial charge in [-0.2, -0.15) is 11.3 Å². The Kier molecular flexibility index (Phi) is 4.82. The number of thiophene rings is 1. The van der Waals surface area contributed by atoms with Crippen molar-refractivity contribution in [1.82, 2.24) is 15.2 Å². The lowest BCUT2D eigenvalue weighted by Gasteiger charge is -2.36. The second-order valence-corrected chi connectivity index (χ2v) is 6.32. The number of amides is 1. The molecule has 3 rings (SSSR count). The summed E-state index contributed by atoms with van der Waals surface area (Å²) in [6.45, 7) is 2.29. The summed E-state index contributed by atoms with van der Waals surface area (Å²) in [5, 5.41) is 17.4. The predicted octanol–water partition coefficient (Wildman–Crippen LogP) is 1.51. The molecule has 3 heterocycles. The van der Waals surface area contributed by atoms with Crippen molar-refractivity contribution in [2.45, 2.75) is 25.1 Å². The predicted molar refractivity (Wildman–Crippen MR) is 85.7 cm³/mol. The molecule has 1 aliphatic heterocycles. The van der Waals surface area contributed by atoms with E-state index in [1.807, 2.05) is 0 Å². The average Bonchev–Trinajstić information content (AvgIpc) is 3.04. The number of aromatic nitrogens is 1. The number of piperidine rings is 1. The van der Waals surface area contributed by atoms with Crippen LogP contribution in [0.15, 0.2) is 41.4 Å². The first-order chi connectivity index (χ1) is 10.7. The molecule has 116 valence electrons. The molecule has 6 heteroatoms. The highest BCUT2D eigenvalue weighted by Crippen LogP contribution is 2.16. The van der Waals surface area contributed by atoms with E-state index < -0.39 is 6.10 Å². The van der Waals surface area contributed by atoms with E-state index in [2.05, 4.69) is 32.0 Å². The van der Waals surface area contributed by atoms with Gasteiger partial charge in [-0.05, 0) is 40.9 Å². The van der Waals surface area contributed by atoms with Crippen molar-refractivity contribution >= 4 is 17.2 Å². The monoisotopic (exact) mass is 317 g/mol. The number of rotatable bonds is 4. The van der Waals surface area contributed by atoms with Crippen LogP contribution in [-0.2, 0) is 6.54 Å². The van der Waals surface area contributed by atoms with Gasteiger partial charge in [-0.25, -0.2) is 0 Å². The maximum atomic E-state index is 12.1. The molecular weight excluding hydrogens is 298 g/mol. The number of likely N-dealkylation sites (tertiary alicyclic amines) is 1. The first-order valence-electron chi connectivity index (χ1n) is 7.35. The minimum Gasteiger partial charge on any atom is -0.390 e. The zero-order valence-corrected chi connectivity index (χ0v) is 13.0. The number of aliphatic hydroxyl groups excluding tert-OH is 1. The number of hydrogen-bond donors (Lipinski definition) is 2. The second-order valence-electron chi connectivity index (χ2n) is 5.54. The molecule has 0 saturated carbocycles. The molecule has 0 spiro atoms. The summed E-state index contributed by atoms with van der Waals surface area (Å²) in [6, 6.07) is 5.36. The van der Waals surface area contributed by atoms with Crippen LogP contribution in [0.5, 0.6) is 0 Å². The number of β-amino-alcohol motifs (C(OH)–C–C–N with tert-alkyl or cyclic N) is 1. The van der Waals surface area contributed by atoms with Gasteiger partial charge in [-0.15, -0.1) is 0 Å². The van der Waals surface area contributed by atoms with E-state index in [0.717, 1.165) is 19.5 Å². The lowest BCUT2D eigenvalue weighted by molar-refractivity contribution is 0.0350. The number of nitrogens with one attached hydrogen (secondary N) is 1. The van der Waals surface area contributed by atoms with E-state index in [9.17, 15) is 9.90 Å². The summed E-state index contributed by atoms with van der Waals surface area (Å²) in [6.07, 6.45) is 3.37. The van der Waals surface area contributed by atoms with Crippen LogP contribution >= 0.6 is 11.3 Å². The molecule has 0 aromatic carbocycles. The van der Waals surface area contributed by atoms with Crippen molar-refractivity contribution in [2.75, 3.05) is 13.1 Å². The number of aliphatic hydroxyl groups is 1. The molecule has 0 aliphatic carbocycles. The van der Waals surface area contributed by atoms with Gasteiger partial charge < -0.3 is 10.4 Å². The molecule has 5 nitrogen and oxygen atoms in total. The van der Waals surface area contributed by atoms with Gasteiger partial charge in [0, 0.05) is 32.0 Å². The molecule has 2 atom stereocenters. The molecule has 2 aromatic heterocycles. The van der Waals surface area contributed by atoms with Crippen LogP contribution in [0, 0.1) is 0 Å². The molecule has 2 aromatic rings. The van der Waals surface area contributed by atoms with Gasteiger partial charge in [0.25, 0.3) is 5.91 Å².